The van der Waals surface area contributed by atoms with Gasteiger partial charge in [-0.2, -0.15) is 0 Å². The van der Waals surface area contributed by atoms with E-state index < -0.39 is 0 Å². The van der Waals surface area contributed by atoms with Crippen LogP contribution in [0.2, 0.25) is 5.15 Å². The van der Waals surface area contributed by atoms with Crippen molar-refractivity contribution in [1.29, 1.82) is 0 Å². The third-order valence-electron chi connectivity index (χ3n) is 2.22. The topological polar surface area (TPSA) is 22.1 Å². The van der Waals surface area contributed by atoms with E-state index >= 15 is 0 Å². The van der Waals surface area contributed by atoms with Crippen molar-refractivity contribution in [1.82, 2.24) is 4.98 Å². The normalized spacial score (nSPS) is 10.2. The molecular weight excluding hydrogens is 254 g/mol. The van der Waals surface area contributed by atoms with E-state index in [1.54, 1.807) is 24.9 Å². The van der Waals surface area contributed by atoms with Crippen LogP contribution in [0.25, 0.3) is 0 Å². The maximum atomic E-state index is 5.84. The fraction of sp³-hybridized carbons (Fsp3) is 0.154. The van der Waals surface area contributed by atoms with Crippen molar-refractivity contribution in [2.75, 3.05) is 7.11 Å². The molecule has 0 aliphatic carbocycles. The van der Waals surface area contributed by atoms with Gasteiger partial charge in [-0.1, -0.05) is 29.8 Å². The van der Waals surface area contributed by atoms with Gasteiger partial charge in [0.15, 0.2) is 0 Å². The second-order valence-electron chi connectivity index (χ2n) is 3.39. The highest BCUT2D eigenvalue weighted by molar-refractivity contribution is 7.98. The van der Waals surface area contributed by atoms with Gasteiger partial charge in [0.05, 0.1) is 12.8 Å². The second-order valence-corrected chi connectivity index (χ2v) is 4.80. The maximum Gasteiger partial charge on any atom is 0.132 e. The van der Waals surface area contributed by atoms with E-state index in [0.717, 1.165) is 22.1 Å². The smallest absolute Gasteiger partial charge is 0.132 e. The first-order valence-electron chi connectivity index (χ1n) is 5.17. The molecule has 0 aliphatic heterocycles. The summed E-state index contributed by atoms with van der Waals surface area (Å²) in [5.74, 6) is 1.67. The number of methoxy groups -OCH3 is 1. The SMILES string of the molecule is COc1ccccc1SCc1cccc(Cl)n1. The molecule has 2 rings (SSSR count). The molecule has 17 heavy (non-hydrogen) atoms. The minimum Gasteiger partial charge on any atom is -0.496 e. The second kappa shape index (κ2) is 5.94. The van der Waals surface area contributed by atoms with Crippen LogP contribution < -0.4 is 4.74 Å². The predicted molar refractivity (Wildman–Crippen MR) is 71.8 cm³/mol. The molecule has 2 aromatic rings. The first kappa shape index (κ1) is 12.3. The molecule has 0 fully saturated rings. The molecule has 0 spiro atoms. The molecule has 1 aromatic carbocycles. The highest BCUT2D eigenvalue weighted by Gasteiger charge is 2.03. The number of aromatic nitrogens is 1. The lowest BCUT2D eigenvalue weighted by atomic mass is 10.3. The molecular formula is C13H12ClNOS. The first-order chi connectivity index (χ1) is 8.29. The van der Waals surface area contributed by atoms with Gasteiger partial charge in [0.25, 0.3) is 0 Å². The van der Waals surface area contributed by atoms with Crippen molar-refractivity contribution in [2.24, 2.45) is 0 Å². The number of thioether (sulfide) groups is 1. The fourth-order valence-electron chi connectivity index (χ4n) is 1.42. The average molecular weight is 266 g/mol. The fourth-order valence-corrected chi connectivity index (χ4v) is 2.53. The Labute approximate surface area is 110 Å². The van der Waals surface area contributed by atoms with E-state index in [4.69, 9.17) is 16.3 Å². The highest BCUT2D eigenvalue weighted by Crippen LogP contribution is 2.30. The Morgan fingerprint density at radius 3 is 2.76 bits per heavy atom. The lowest BCUT2D eigenvalue weighted by Gasteiger charge is -2.07. The molecule has 4 heteroatoms. The summed E-state index contributed by atoms with van der Waals surface area (Å²) in [6, 6.07) is 13.6. The monoisotopic (exact) mass is 265 g/mol. The molecule has 0 aliphatic rings. The molecule has 2 nitrogen and oxygen atoms in total. The zero-order chi connectivity index (χ0) is 12.1. The third kappa shape index (κ3) is 3.38. The first-order valence-corrected chi connectivity index (χ1v) is 6.53. The van der Waals surface area contributed by atoms with E-state index in [1.807, 2.05) is 36.4 Å². The Balaban J connectivity index is 2.07. The zero-order valence-corrected chi connectivity index (χ0v) is 11.0. The molecule has 0 radical (unpaired) electrons. The van der Waals surface area contributed by atoms with Crippen molar-refractivity contribution in [3.05, 3.63) is 53.3 Å². The van der Waals surface area contributed by atoms with Gasteiger partial charge in [-0.05, 0) is 24.3 Å². The van der Waals surface area contributed by atoms with Crippen LogP contribution in [0.5, 0.6) is 5.75 Å². The minimum absolute atomic E-state index is 0.531. The highest BCUT2D eigenvalue weighted by atomic mass is 35.5. The summed E-state index contributed by atoms with van der Waals surface area (Å²) < 4.78 is 5.29. The van der Waals surface area contributed by atoms with Crippen LogP contribution in [-0.4, -0.2) is 12.1 Å². The van der Waals surface area contributed by atoms with Crippen molar-refractivity contribution < 1.29 is 4.74 Å². The summed E-state index contributed by atoms with van der Waals surface area (Å²) in [6.07, 6.45) is 0. The summed E-state index contributed by atoms with van der Waals surface area (Å²) in [5, 5.41) is 0.531. The molecule has 1 aromatic heterocycles. The van der Waals surface area contributed by atoms with Crippen molar-refractivity contribution >= 4 is 23.4 Å². The van der Waals surface area contributed by atoms with Gasteiger partial charge in [0.1, 0.15) is 10.9 Å². The molecule has 0 saturated heterocycles. The number of benzene rings is 1. The summed E-state index contributed by atoms with van der Waals surface area (Å²) in [5.41, 5.74) is 0.966. The van der Waals surface area contributed by atoms with Crippen LogP contribution in [0, 0.1) is 0 Å². The number of rotatable bonds is 4. The summed E-state index contributed by atoms with van der Waals surface area (Å²) in [6.45, 7) is 0. The quantitative estimate of drug-likeness (QED) is 0.615. The van der Waals surface area contributed by atoms with E-state index in [2.05, 4.69) is 4.98 Å². The Morgan fingerprint density at radius 2 is 2.00 bits per heavy atom. The number of nitrogens with zero attached hydrogens (tertiary/aromatic N) is 1. The molecule has 0 amide bonds. The number of ether oxygens (including phenoxy) is 1. The van der Waals surface area contributed by atoms with Crippen LogP contribution in [0.15, 0.2) is 47.4 Å². The van der Waals surface area contributed by atoms with Gasteiger partial charge in [-0.3, -0.25) is 0 Å². The Hall–Kier alpha value is -1.19. The summed E-state index contributed by atoms with van der Waals surface area (Å²) in [7, 11) is 1.68. The molecule has 1 heterocycles. The molecule has 88 valence electrons. The van der Waals surface area contributed by atoms with Crippen LogP contribution in [0.4, 0.5) is 0 Å². The van der Waals surface area contributed by atoms with Gasteiger partial charge in [-0.15, -0.1) is 11.8 Å². The van der Waals surface area contributed by atoms with Crippen molar-refractivity contribution in [3.8, 4) is 5.75 Å². The Morgan fingerprint density at radius 1 is 1.18 bits per heavy atom. The number of hydrogen-bond acceptors (Lipinski definition) is 3. The largest absolute Gasteiger partial charge is 0.496 e. The zero-order valence-electron chi connectivity index (χ0n) is 9.39. The molecule has 0 N–H and O–H groups in total. The number of halogens is 1. The van der Waals surface area contributed by atoms with Gasteiger partial charge < -0.3 is 4.74 Å². The molecule has 0 unspecified atom stereocenters. The van der Waals surface area contributed by atoms with Crippen LogP contribution in [0.3, 0.4) is 0 Å². The van der Waals surface area contributed by atoms with Gasteiger partial charge in [-0.25, -0.2) is 4.98 Å². The van der Waals surface area contributed by atoms with Gasteiger partial charge >= 0.3 is 0 Å². The number of hydrogen-bond donors (Lipinski definition) is 0. The average Bonchev–Trinajstić information content (AvgIpc) is 2.37. The standard InChI is InChI=1S/C13H12ClNOS/c1-16-11-6-2-3-7-12(11)17-9-10-5-4-8-13(14)15-10/h2-8H,9H2,1H3. The van der Waals surface area contributed by atoms with Crippen molar-refractivity contribution in [3.63, 3.8) is 0 Å². The van der Waals surface area contributed by atoms with Gasteiger partial charge in [0, 0.05) is 10.6 Å². The molecule has 0 bridgehead atoms. The van der Waals surface area contributed by atoms with E-state index in [0.29, 0.717) is 5.15 Å². The summed E-state index contributed by atoms with van der Waals surface area (Å²) >= 11 is 7.53. The predicted octanol–water partition coefficient (Wildman–Crippen LogP) is 4.04. The maximum absolute atomic E-state index is 5.84. The molecule has 0 saturated carbocycles. The summed E-state index contributed by atoms with van der Waals surface area (Å²) in [4.78, 5) is 5.36. The number of para-hydroxylation sites is 1. The van der Waals surface area contributed by atoms with Crippen LogP contribution in [-0.2, 0) is 5.75 Å². The van der Waals surface area contributed by atoms with Gasteiger partial charge in [0.2, 0.25) is 0 Å². The minimum atomic E-state index is 0.531. The molecule has 0 atom stereocenters. The van der Waals surface area contributed by atoms with Crippen molar-refractivity contribution in [2.45, 2.75) is 10.6 Å². The van der Waals surface area contributed by atoms with Crippen LogP contribution in [0.1, 0.15) is 5.69 Å². The van der Waals surface area contributed by atoms with E-state index in [-0.39, 0.29) is 0 Å². The van der Waals surface area contributed by atoms with E-state index in [9.17, 15) is 0 Å². The lowest BCUT2D eigenvalue weighted by Crippen LogP contribution is -1.89. The van der Waals surface area contributed by atoms with E-state index in [1.165, 1.54) is 0 Å². The van der Waals surface area contributed by atoms with Crippen LogP contribution >= 0.6 is 23.4 Å². The lowest BCUT2D eigenvalue weighted by molar-refractivity contribution is 0.405. The Kier molecular flexibility index (Phi) is 4.29. The third-order valence-corrected chi connectivity index (χ3v) is 3.52. The number of pyridine rings is 1. The Bertz CT molecular complexity index is 504.